The highest BCUT2D eigenvalue weighted by atomic mass is 15.1. The number of hydrogen-bond donors (Lipinski definition) is 0. The van der Waals surface area contributed by atoms with Crippen molar-refractivity contribution < 1.29 is 0 Å². The average Bonchev–Trinajstić information content (AvgIpc) is 2.45. The SMILES string of the molecule is Cc1cc(C(C)(C)C)ccc1N(C)c1ccc(C(C)(C)C)cc1. The van der Waals surface area contributed by atoms with Crippen molar-refractivity contribution in [2.45, 2.75) is 59.3 Å². The molecule has 0 aliphatic carbocycles. The van der Waals surface area contributed by atoms with Gasteiger partial charge in [-0.25, -0.2) is 0 Å². The molecule has 1 heteroatoms. The molecule has 0 radical (unpaired) electrons. The zero-order chi connectivity index (χ0) is 17.4. The highest BCUT2D eigenvalue weighted by Crippen LogP contribution is 2.32. The fraction of sp³-hybridized carbons (Fsp3) is 0.455. The van der Waals surface area contributed by atoms with Crippen molar-refractivity contribution in [3.05, 3.63) is 59.2 Å². The number of rotatable bonds is 2. The lowest BCUT2D eigenvalue weighted by atomic mass is 9.86. The van der Waals surface area contributed by atoms with E-state index in [0.29, 0.717) is 0 Å². The molecule has 23 heavy (non-hydrogen) atoms. The van der Waals surface area contributed by atoms with Crippen molar-refractivity contribution >= 4 is 11.4 Å². The van der Waals surface area contributed by atoms with E-state index in [0.717, 1.165) is 0 Å². The van der Waals surface area contributed by atoms with Crippen LogP contribution in [0.2, 0.25) is 0 Å². The molecule has 2 rings (SSSR count). The van der Waals surface area contributed by atoms with Gasteiger partial charge in [-0.3, -0.25) is 0 Å². The topological polar surface area (TPSA) is 3.24 Å². The molecule has 2 aromatic rings. The molecule has 124 valence electrons. The van der Waals surface area contributed by atoms with Gasteiger partial charge in [-0.1, -0.05) is 65.8 Å². The molecule has 2 aromatic carbocycles. The minimum absolute atomic E-state index is 0.191. The van der Waals surface area contributed by atoms with Crippen LogP contribution in [0.5, 0.6) is 0 Å². The molecule has 0 unspecified atom stereocenters. The van der Waals surface area contributed by atoms with Crippen molar-refractivity contribution in [2.24, 2.45) is 0 Å². The molecule has 0 aromatic heterocycles. The van der Waals surface area contributed by atoms with E-state index in [4.69, 9.17) is 0 Å². The fourth-order valence-corrected chi connectivity index (χ4v) is 2.82. The van der Waals surface area contributed by atoms with Crippen molar-refractivity contribution in [1.29, 1.82) is 0 Å². The second kappa shape index (κ2) is 6.03. The summed E-state index contributed by atoms with van der Waals surface area (Å²) in [5.74, 6) is 0. The Kier molecular flexibility index (Phi) is 4.61. The number of hydrogen-bond acceptors (Lipinski definition) is 1. The largest absolute Gasteiger partial charge is 0.344 e. The molecule has 0 aliphatic heterocycles. The summed E-state index contributed by atoms with van der Waals surface area (Å²) < 4.78 is 0. The summed E-state index contributed by atoms with van der Waals surface area (Å²) in [7, 11) is 2.14. The molecule has 0 fully saturated rings. The first-order valence-corrected chi connectivity index (χ1v) is 8.45. The number of benzene rings is 2. The Bertz CT molecular complexity index is 667. The average molecular weight is 309 g/mol. The first-order chi connectivity index (χ1) is 10.5. The summed E-state index contributed by atoms with van der Waals surface area (Å²) in [6.07, 6.45) is 0. The number of aryl methyl sites for hydroxylation is 1. The minimum Gasteiger partial charge on any atom is -0.344 e. The van der Waals surface area contributed by atoms with E-state index in [-0.39, 0.29) is 10.8 Å². The van der Waals surface area contributed by atoms with Crippen LogP contribution in [0.4, 0.5) is 11.4 Å². The number of anilines is 2. The summed E-state index contributed by atoms with van der Waals surface area (Å²) in [5.41, 5.74) is 6.95. The molecule has 0 heterocycles. The maximum absolute atomic E-state index is 2.31. The Morgan fingerprint density at radius 3 is 1.61 bits per heavy atom. The Hall–Kier alpha value is -1.76. The van der Waals surface area contributed by atoms with E-state index in [9.17, 15) is 0 Å². The molecule has 0 N–H and O–H groups in total. The van der Waals surface area contributed by atoms with E-state index in [1.54, 1.807) is 0 Å². The third kappa shape index (κ3) is 3.96. The Morgan fingerprint density at radius 2 is 1.17 bits per heavy atom. The van der Waals surface area contributed by atoms with E-state index < -0.39 is 0 Å². The van der Waals surface area contributed by atoms with Gasteiger partial charge in [0.2, 0.25) is 0 Å². The van der Waals surface area contributed by atoms with E-state index >= 15 is 0 Å². The normalized spacial score (nSPS) is 12.3. The molecular formula is C22H31N. The van der Waals surface area contributed by atoms with Crippen molar-refractivity contribution in [3.8, 4) is 0 Å². The van der Waals surface area contributed by atoms with Gasteiger partial charge in [0, 0.05) is 18.4 Å². The molecule has 0 saturated heterocycles. The van der Waals surface area contributed by atoms with Crippen LogP contribution >= 0.6 is 0 Å². The summed E-state index contributed by atoms with van der Waals surface area (Å²) in [6, 6.07) is 15.7. The van der Waals surface area contributed by atoms with Crippen LogP contribution < -0.4 is 4.90 Å². The maximum Gasteiger partial charge on any atom is 0.0437 e. The highest BCUT2D eigenvalue weighted by Gasteiger charge is 2.17. The quantitative estimate of drug-likeness (QED) is 0.624. The first-order valence-electron chi connectivity index (χ1n) is 8.45. The predicted octanol–water partition coefficient (Wildman–Crippen LogP) is 6.36. The molecule has 0 bridgehead atoms. The lowest BCUT2D eigenvalue weighted by molar-refractivity contribution is 0.590. The summed E-state index contributed by atoms with van der Waals surface area (Å²) in [4.78, 5) is 2.27. The van der Waals surface area contributed by atoms with E-state index in [1.807, 2.05) is 0 Å². The van der Waals surface area contributed by atoms with Gasteiger partial charge in [0.15, 0.2) is 0 Å². The Labute approximate surface area is 142 Å². The summed E-state index contributed by atoms with van der Waals surface area (Å²) >= 11 is 0. The van der Waals surface area contributed by atoms with E-state index in [1.165, 1.54) is 28.1 Å². The third-order valence-corrected chi connectivity index (χ3v) is 4.54. The van der Waals surface area contributed by atoms with Gasteiger partial charge in [0.25, 0.3) is 0 Å². The zero-order valence-electron chi connectivity index (χ0n) is 16.0. The standard InChI is InChI=1S/C22H31N/c1-16-15-18(22(5,6)7)11-14-20(16)23(8)19-12-9-17(10-13-19)21(2,3)4/h9-15H,1-8H3. The third-order valence-electron chi connectivity index (χ3n) is 4.54. The summed E-state index contributed by atoms with van der Waals surface area (Å²) in [6.45, 7) is 15.7. The van der Waals surface area contributed by atoms with Crippen molar-refractivity contribution in [3.63, 3.8) is 0 Å². The van der Waals surface area contributed by atoms with Crippen LogP contribution in [0, 0.1) is 6.92 Å². The van der Waals surface area contributed by atoms with Crippen LogP contribution in [-0.2, 0) is 10.8 Å². The molecule has 0 atom stereocenters. The van der Waals surface area contributed by atoms with Crippen LogP contribution in [0.1, 0.15) is 58.2 Å². The van der Waals surface area contributed by atoms with Crippen LogP contribution in [0.15, 0.2) is 42.5 Å². The van der Waals surface area contributed by atoms with E-state index in [2.05, 4.69) is 103 Å². The Morgan fingerprint density at radius 1 is 0.696 bits per heavy atom. The van der Waals surface area contributed by atoms with Crippen LogP contribution in [0.3, 0.4) is 0 Å². The second-order valence-electron chi connectivity index (χ2n) is 8.61. The fourth-order valence-electron chi connectivity index (χ4n) is 2.82. The van der Waals surface area contributed by atoms with Crippen molar-refractivity contribution in [1.82, 2.24) is 0 Å². The summed E-state index contributed by atoms with van der Waals surface area (Å²) in [5, 5.41) is 0. The molecule has 0 saturated carbocycles. The number of nitrogens with zero attached hydrogens (tertiary/aromatic N) is 1. The lowest BCUT2D eigenvalue weighted by Crippen LogP contribution is -2.15. The molecular weight excluding hydrogens is 278 g/mol. The Balaban J connectivity index is 2.32. The minimum atomic E-state index is 0.191. The van der Waals surface area contributed by atoms with Crippen LogP contribution in [-0.4, -0.2) is 7.05 Å². The molecule has 1 nitrogen and oxygen atoms in total. The van der Waals surface area contributed by atoms with Gasteiger partial charge in [-0.05, 0) is 52.6 Å². The maximum atomic E-state index is 2.31. The zero-order valence-corrected chi connectivity index (χ0v) is 16.0. The second-order valence-corrected chi connectivity index (χ2v) is 8.61. The molecule has 0 spiro atoms. The molecule has 0 amide bonds. The van der Waals surface area contributed by atoms with Gasteiger partial charge in [0.1, 0.15) is 0 Å². The molecule has 0 aliphatic rings. The van der Waals surface area contributed by atoms with Gasteiger partial charge < -0.3 is 4.90 Å². The van der Waals surface area contributed by atoms with Gasteiger partial charge in [0.05, 0.1) is 0 Å². The van der Waals surface area contributed by atoms with Crippen LogP contribution in [0.25, 0.3) is 0 Å². The lowest BCUT2D eigenvalue weighted by Gasteiger charge is -2.26. The first kappa shape index (κ1) is 17.6. The van der Waals surface area contributed by atoms with Gasteiger partial charge in [-0.15, -0.1) is 0 Å². The predicted molar refractivity (Wildman–Crippen MR) is 103 cm³/mol. The van der Waals surface area contributed by atoms with Gasteiger partial charge >= 0.3 is 0 Å². The van der Waals surface area contributed by atoms with Crippen molar-refractivity contribution in [2.75, 3.05) is 11.9 Å². The van der Waals surface area contributed by atoms with Gasteiger partial charge in [-0.2, -0.15) is 0 Å². The smallest absolute Gasteiger partial charge is 0.0437 e. The highest BCUT2D eigenvalue weighted by molar-refractivity contribution is 5.66. The monoisotopic (exact) mass is 309 g/mol.